The van der Waals surface area contributed by atoms with Crippen molar-refractivity contribution in [3.63, 3.8) is 0 Å². The Kier molecular flexibility index (Phi) is 6.29. The number of benzene rings is 2. The molecule has 2 aromatic rings. The van der Waals surface area contributed by atoms with E-state index in [4.69, 9.17) is 33.2 Å². The molecule has 1 atom stereocenters. The fraction of sp³-hybridized carbons (Fsp3) is 0.111. The van der Waals surface area contributed by atoms with Crippen molar-refractivity contribution in [3.8, 4) is 11.8 Å². The van der Waals surface area contributed by atoms with Gasteiger partial charge in [0.15, 0.2) is 0 Å². The quantitative estimate of drug-likeness (QED) is 0.750. The molecular formula is C18H13Cl2N2O3-. The van der Waals surface area contributed by atoms with Gasteiger partial charge in [0.05, 0.1) is 28.7 Å². The van der Waals surface area contributed by atoms with Crippen molar-refractivity contribution in [3.05, 3.63) is 70.2 Å². The van der Waals surface area contributed by atoms with Crippen LogP contribution in [0.15, 0.2) is 49.1 Å². The van der Waals surface area contributed by atoms with Crippen LogP contribution in [0.2, 0.25) is 10.0 Å². The molecule has 0 heterocycles. The van der Waals surface area contributed by atoms with Crippen molar-refractivity contribution < 1.29 is 14.6 Å². The van der Waals surface area contributed by atoms with Crippen molar-refractivity contribution in [1.82, 2.24) is 0 Å². The molecule has 0 spiro atoms. The van der Waals surface area contributed by atoms with E-state index < -0.39 is 12.0 Å². The fourth-order valence-corrected chi connectivity index (χ4v) is 2.72. The predicted octanol–water partition coefficient (Wildman–Crippen LogP) is 3.33. The summed E-state index contributed by atoms with van der Waals surface area (Å²) in [5.74, 6) is -1.20. The largest absolute Gasteiger partial charge is 0.548 e. The molecule has 7 heteroatoms. The van der Waals surface area contributed by atoms with Crippen LogP contribution in [0.25, 0.3) is 0 Å². The summed E-state index contributed by atoms with van der Waals surface area (Å²) in [5.41, 5.74) is 1.17. The number of anilines is 1. The number of nitrogens with zero attached hydrogens (tertiary/aromatic N) is 1. The van der Waals surface area contributed by atoms with Gasteiger partial charge in [0.25, 0.3) is 0 Å². The van der Waals surface area contributed by atoms with Gasteiger partial charge in [0.2, 0.25) is 0 Å². The van der Waals surface area contributed by atoms with Gasteiger partial charge in [0, 0.05) is 16.3 Å². The highest BCUT2D eigenvalue weighted by Gasteiger charge is 2.21. The lowest BCUT2D eigenvalue weighted by Gasteiger charge is -2.24. The van der Waals surface area contributed by atoms with Crippen LogP contribution >= 0.6 is 23.2 Å². The second-order valence-electron chi connectivity index (χ2n) is 4.99. The fourth-order valence-electron chi connectivity index (χ4n) is 2.16. The Hall–Kier alpha value is -2.68. The maximum absolute atomic E-state index is 11.7. The summed E-state index contributed by atoms with van der Waals surface area (Å²) < 4.78 is 5.49. The number of aliphatic carboxylic acids is 1. The van der Waals surface area contributed by atoms with Gasteiger partial charge in [-0.1, -0.05) is 35.9 Å². The third kappa shape index (κ3) is 4.66. The smallest absolute Gasteiger partial charge is 0.144 e. The summed E-state index contributed by atoms with van der Waals surface area (Å²) in [7, 11) is 0. The molecule has 0 aliphatic heterocycles. The van der Waals surface area contributed by atoms with E-state index in [1.807, 2.05) is 6.07 Å². The van der Waals surface area contributed by atoms with Gasteiger partial charge in [-0.15, -0.1) is 0 Å². The number of nitrogens with one attached hydrogen (secondary N) is 1. The number of hydrogen-bond donors (Lipinski definition) is 1. The SMILES string of the molecule is C=CCOc1c(Cl)cc(Cl)cc1C(Nc1ccc(C#N)cc1)C(=O)[O-]. The highest BCUT2D eigenvalue weighted by molar-refractivity contribution is 6.35. The van der Waals surface area contributed by atoms with Gasteiger partial charge in [-0.2, -0.15) is 5.26 Å². The van der Waals surface area contributed by atoms with Crippen LogP contribution in [0.5, 0.6) is 5.75 Å². The second-order valence-corrected chi connectivity index (χ2v) is 5.83. The van der Waals surface area contributed by atoms with Crippen molar-refractivity contribution >= 4 is 34.9 Å². The molecule has 0 bridgehead atoms. The summed E-state index contributed by atoms with van der Waals surface area (Å²) in [4.78, 5) is 11.7. The van der Waals surface area contributed by atoms with E-state index >= 15 is 0 Å². The van der Waals surface area contributed by atoms with Crippen molar-refractivity contribution in [2.75, 3.05) is 11.9 Å². The Bertz CT molecular complexity index is 829. The molecule has 0 radical (unpaired) electrons. The van der Waals surface area contributed by atoms with Crippen LogP contribution < -0.4 is 15.2 Å². The Morgan fingerprint density at radius 3 is 2.60 bits per heavy atom. The summed E-state index contributed by atoms with van der Waals surface area (Å²) >= 11 is 12.2. The molecule has 1 unspecified atom stereocenters. The molecule has 1 N–H and O–H groups in total. The lowest BCUT2D eigenvalue weighted by Crippen LogP contribution is -2.34. The Morgan fingerprint density at radius 2 is 2.04 bits per heavy atom. The molecule has 0 fully saturated rings. The van der Waals surface area contributed by atoms with Gasteiger partial charge in [-0.05, 0) is 36.4 Å². The molecule has 0 saturated carbocycles. The number of carbonyl (C=O) groups is 1. The van der Waals surface area contributed by atoms with E-state index in [1.165, 1.54) is 18.2 Å². The van der Waals surface area contributed by atoms with E-state index in [0.29, 0.717) is 11.3 Å². The average molecular weight is 376 g/mol. The molecule has 128 valence electrons. The van der Waals surface area contributed by atoms with Gasteiger partial charge >= 0.3 is 0 Å². The van der Waals surface area contributed by atoms with E-state index in [0.717, 1.165) is 0 Å². The molecule has 2 aromatic carbocycles. The molecule has 25 heavy (non-hydrogen) atoms. The molecule has 0 aromatic heterocycles. The molecule has 0 amide bonds. The zero-order valence-corrected chi connectivity index (χ0v) is 14.5. The number of carboxylic acids is 1. The first-order valence-corrected chi connectivity index (χ1v) is 7.92. The van der Waals surface area contributed by atoms with Crippen LogP contribution in [0.1, 0.15) is 17.2 Å². The first kappa shape index (κ1) is 18.7. The summed E-state index contributed by atoms with van der Waals surface area (Å²) in [5, 5.41) is 23.8. The number of halogens is 2. The third-order valence-corrected chi connectivity index (χ3v) is 3.75. The molecular weight excluding hydrogens is 363 g/mol. The minimum Gasteiger partial charge on any atom is -0.548 e. The molecule has 0 aliphatic carbocycles. The lowest BCUT2D eigenvalue weighted by atomic mass is 10.0. The van der Waals surface area contributed by atoms with Gasteiger partial charge in [-0.3, -0.25) is 0 Å². The number of rotatable bonds is 7. The third-order valence-electron chi connectivity index (χ3n) is 3.25. The van der Waals surface area contributed by atoms with E-state index in [-0.39, 0.29) is 28.0 Å². The minimum atomic E-state index is -1.38. The average Bonchev–Trinajstić information content (AvgIpc) is 2.58. The van der Waals surface area contributed by atoms with Crippen molar-refractivity contribution in [1.29, 1.82) is 5.26 Å². The van der Waals surface area contributed by atoms with Crippen LogP contribution in [-0.4, -0.2) is 12.6 Å². The normalized spacial score (nSPS) is 11.2. The lowest BCUT2D eigenvalue weighted by molar-refractivity contribution is -0.307. The number of carbonyl (C=O) groups excluding carboxylic acids is 1. The topological polar surface area (TPSA) is 85.2 Å². The number of hydrogen-bond acceptors (Lipinski definition) is 5. The second kappa shape index (κ2) is 8.43. The Labute approximate surface area is 155 Å². The highest BCUT2D eigenvalue weighted by atomic mass is 35.5. The molecule has 5 nitrogen and oxygen atoms in total. The highest BCUT2D eigenvalue weighted by Crippen LogP contribution is 2.37. The first-order chi connectivity index (χ1) is 12.0. The van der Waals surface area contributed by atoms with Crippen LogP contribution in [0.3, 0.4) is 0 Å². The van der Waals surface area contributed by atoms with E-state index in [2.05, 4.69) is 11.9 Å². The Morgan fingerprint density at radius 1 is 1.36 bits per heavy atom. The monoisotopic (exact) mass is 375 g/mol. The van der Waals surface area contributed by atoms with Crippen molar-refractivity contribution in [2.45, 2.75) is 6.04 Å². The van der Waals surface area contributed by atoms with Gasteiger partial charge in [-0.25, -0.2) is 0 Å². The minimum absolute atomic E-state index is 0.144. The summed E-state index contributed by atoms with van der Waals surface area (Å²) in [6.07, 6.45) is 1.51. The van der Waals surface area contributed by atoms with Gasteiger partial charge in [0.1, 0.15) is 12.4 Å². The maximum Gasteiger partial charge on any atom is 0.144 e. The van der Waals surface area contributed by atoms with E-state index in [9.17, 15) is 9.90 Å². The van der Waals surface area contributed by atoms with Crippen LogP contribution in [0.4, 0.5) is 5.69 Å². The molecule has 0 aliphatic rings. The Balaban J connectivity index is 2.43. The number of ether oxygens (including phenoxy) is 1. The van der Waals surface area contributed by atoms with Crippen LogP contribution in [0, 0.1) is 11.3 Å². The molecule has 0 saturated heterocycles. The standard InChI is InChI=1S/C18H14Cl2N2O3/c1-2-7-25-17-14(8-12(19)9-15(17)20)16(18(23)24)22-13-5-3-11(10-21)4-6-13/h2-6,8-9,16,22H,1,7H2,(H,23,24)/p-1. The van der Waals surface area contributed by atoms with Gasteiger partial charge < -0.3 is 20.0 Å². The van der Waals surface area contributed by atoms with E-state index in [1.54, 1.807) is 24.3 Å². The zero-order chi connectivity index (χ0) is 18.4. The summed E-state index contributed by atoms with van der Waals surface area (Å²) in [6.45, 7) is 3.70. The zero-order valence-electron chi connectivity index (χ0n) is 13.0. The number of carboxylic acid groups (broad SMARTS) is 1. The first-order valence-electron chi connectivity index (χ1n) is 7.16. The number of nitriles is 1. The predicted molar refractivity (Wildman–Crippen MR) is 94.7 cm³/mol. The summed E-state index contributed by atoms with van der Waals surface area (Å²) in [6, 6.07) is 9.94. The van der Waals surface area contributed by atoms with Crippen LogP contribution in [-0.2, 0) is 4.79 Å². The maximum atomic E-state index is 11.7. The molecule has 2 rings (SSSR count). The van der Waals surface area contributed by atoms with Crippen molar-refractivity contribution in [2.24, 2.45) is 0 Å².